The molecule has 1 aliphatic rings. The second-order valence-corrected chi connectivity index (χ2v) is 5.88. The molecule has 0 N–H and O–H groups in total. The maximum absolute atomic E-state index is 4.51. The highest BCUT2D eigenvalue weighted by molar-refractivity contribution is 5.63. The SMILES string of the molecule is c1ccc(CCN2CCN(c3nccn4cnnc34)CC2)cc1. The fourth-order valence-electron chi connectivity index (χ4n) is 3.08. The maximum atomic E-state index is 4.51. The number of benzene rings is 1. The molecule has 0 aliphatic carbocycles. The van der Waals surface area contributed by atoms with Gasteiger partial charge in [0, 0.05) is 45.1 Å². The van der Waals surface area contributed by atoms with Crippen LogP contribution in [-0.4, -0.2) is 57.2 Å². The summed E-state index contributed by atoms with van der Waals surface area (Å²) in [6, 6.07) is 10.7. The lowest BCUT2D eigenvalue weighted by Crippen LogP contribution is -2.47. The van der Waals surface area contributed by atoms with Gasteiger partial charge in [0.15, 0.2) is 5.82 Å². The van der Waals surface area contributed by atoms with Crippen LogP contribution in [0.5, 0.6) is 0 Å². The summed E-state index contributed by atoms with van der Waals surface area (Å²) in [6.45, 7) is 5.19. The van der Waals surface area contributed by atoms with Crippen LogP contribution in [0.3, 0.4) is 0 Å². The zero-order valence-corrected chi connectivity index (χ0v) is 13.0. The van der Waals surface area contributed by atoms with Gasteiger partial charge < -0.3 is 4.90 Å². The molecule has 118 valence electrons. The summed E-state index contributed by atoms with van der Waals surface area (Å²) in [4.78, 5) is 9.34. The number of fused-ring (bicyclic) bond motifs is 1. The molecule has 2 aromatic heterocycles. The van der Waals surface area contributed by atoms with Gasteiger partial charge in [0.05, 0.1) is 0 Å². The first-order valence-corrected chi connectivity index (χ1v) is 8.06. The molecule has 1 aromatic carbocycles. The zero-order valence-electron chi connectivity index (χ0n) is 13.0. The fraction of sp³-hybridized carbons (Fsp3) is 0.353. The molecule has 1 fully saturated rings. The molecular weight excluding hydrogens is 288 g/mol. The quantitative estimate of drug-likeness (QED) is 0.731. The summed E-state index contributed by atoms with van der Waals surface area (Å²) in [5, 5.41) is 8.15. The van der Waals surface area contributed by atoms with Gasteiger partial charge in [-0.05, 0) is 12.0 Å². The monoisotopic (exact) mass is 308 g/mol. The molecular formula is C17H20N6. The minimum Gasteiger partial charge on any atom is -0.351 e. The highest BCUT2D eigenvalue weighted by Crippen LogP contribution is 2.18. The molecule has 4 rings (SSSR count). The molecule has 0 radical (unpaired) electrons. The van der Waals surface area contributed by atoms with Crippen molar-refractivity contribution in [2.45, 2.75) is 6.42 Å². The molecule has 23 heavy (non-hydrogen) atoms. The van der Waals surface area contributed by atoms with Gasteiger partial charge in [-0.3, -0.25) is 9.30 Å². The Labute approximate surface area is 135 Å². The third-order valence-electron chi connectivity index (χ3n) is 4.43. The van der Waals surface area contributed by atoms with Crippen LogP contribution in [-0.2, 0) is 6.42 Å². The van der Waals surface area contributed by atoms with E-state index in [4.69, 9.17) is 0 Å². The Morgan fingerprint density at radius 1 is 1.00 bits per heavy atom. The van der Waals surface area contributed by atoms with Crippen molar-refractivity contribution in [3.8, 4) is 0 Å². The van der Waals surface area contributed by atoms with Crippen molar-refractivity contribution in [1.82, 2.24) is 24.5 Å². The first-order valence-electron chi connectivity index (χ1n) is 8.06. The second-order valence-electron chi connectivity index (χ2n) is 5.88. The summed E-state index contributed by atoms with van der Waals surface area (Å²) in [7, 11) is 0. The lowest BCUT2D eigenvalue weighted by molar-refractivity contribution is 0.260. The van der Waals surface area contributed by atoms with Crippen LogP contribution in [0.4, 0.5) is 5.82 Å². The van der Waals surface area contributed by atoms with Crippen molar-refractivity contribution < 1.29 is 0 Å². The normalized spacial score (nSPS) is 16.1. The van der Waals surface area contributed by atoms with E-state index in [2.05, 4.69) is 55.3 Å². The average molecular weight is 308 g/mol. The summed E-state index contributed by atoms with van der Waals surface area (Å²) >= 11 is 0. The fourth-order valence-corrected chi connectivity index (χ4v) is 3.08. The lowest BCUT2D eigenvalue weighted by atomic mass is 10.1. The summed E-state index contributed by atoms with van der Waals surface area (Å²) < 4.78 is 1.92. The van der Waals surface area contributed by atoms with E-state index in [-0.39, 0.29) is 0 Å². The van der Waals surface area contributed by atoms with Crippen LogP contribution in [0.15, 0.2) is 49.1 Å². The zero-order chi connectivity index (χ0) is 15.5. The number of piperazine rings is 1. The van der Waals surface area contributed by atoms with Crippen LogP contribution in [0.2, 0.25) is 0 Å². The number of aromatic nitrogens is 4. The van der Waals surface area contributed by atoms with Crippen molar-refractivity contribution in [2.24, 2.45) is 0 Å². The van der Waals surface area contributed by atoms with E-state index < -0.39 is 0 Å². The number of hydrogen-bond donors (Lipinski definition) is 0. The number of hydrogen-bond acceptors (Lipinski definition) is 5. The highest BCUT2D eigenvalue weighted by atomic mass is 15.3. The highest BCUT2D eigenvalue weighted by Gasteiger charge is 2.20. The van der Waals surface area contributed by atoms with E-state index in [9.17, 15) is 0 Å². The molecule has 3 aromatic rings. The van der Waals surface area contributed by atoms with Gasteiger partial charge in [-0.25, -0.2) is 4.98 Å². The number of anilines is 1. The van der Waals surface area contributed by atoms with Crippen molar-refractivity contribution in [3.05, 3.63) is 54.6 Å². The minimum absolute atomic E-state index is 0.838. The Kier molecular flexibility index (Phi) is 3.90. The third-order valence-corrected chi connectivity index (χ3v) is 4.43. The van der Waals surface area contributed by atoms with E-state index in [0.29, 0.717) is 0 Å². The maximum Gasteiger partial charge on any atom is 0.203 e. The minimum atomic E-state index is 0.838. The Bertz CT molecular complexity index is 761. The molecule has 0 saturated carbocycles. The van der Waals surface area contributed by atoms with Gasteiger partial charge in [0.1, 0.15) is 6.33 Å². The van der Waals surface area contributed by atoms with Crippen molar-refractivity contribution >= 4 is 11.5 Å². The molecule has 0 bridgehead atoms. The van der Waals surface area contributed by atoms with Gasteiger partial charge in [-0.2, -0.15) is 0 Å². The molecule has 0 atom stereocenters. The van der Waals surface area contributed by atoms with Gasteiger partial charge in [0.2, 0.25) is 5.65 Å². The van der Waals surface area contributed by atoms with E-state index in [1.807, 2.05) is 16.8 Å². The number of rotatable bonds is 4. The van der Waals surface area contributed by atoms with Crippen LogP contribution in [0.25, 0.3) is 5.65 Å². The first-order chi connectivity index (χ1) is 11.4. The van der Waals surface area contributed by atoms with Crippen molar-refractivity contribution in [1.29, 1.82) is 0 Å². The first kappa shape index (κ1) is 14.1. The summed E-state index contributed by atoms with van der Waals surface area (Å²) in [5.74, 6) is 0.938. The van der Waals surface area contributed by atoms with Gasteiger partial charge >= 0.3 is 0 Å². The summed E-state index contributed by atoms with van der Waals surface area (Å²) in [6.07, 6.45) is 6.53. The van der Waals surface area contributed by atoms with E-state index >= 15 is 0 Å². The Morgan fingerprint density at radius 3 is 2.65 bits per heavy atom. The van der Waals surface area contributed by atoms with Crippen molar-refractivity contribution in [2.75, 3.05) is 37.6 Å². The third kappa shape index (κ3) is 3.03. The Hall–Kier alpha value is -2.47. The molecule has 1 aliphatic heterocycles. The lowest BCUT2D eigenvalue weighted by Gasteiger charge is -2.35. The molecule has 6 nitrogen and oxygen atoms in total. The van der Waals surface area contributed by atoms with Gasteiger partial charge in [-0.1, -0.05) is 30.3 Å². The molecule has 3 heterocycles. The van der Waals surface area contributed by atoms with Crippen LogP contribution < -0.4 is 4.90 Å². The topological polar surface area (TPSA) is 49.6 Å². The molecule has 1 saturated heterocycles. The molecule has 0 spiro atoms. The van der Waals surface area contributed by atoms with Gasteiger partial charge in [0.25, 0.3) is 0 Å². The Balaban J connectivity index is 1.37. The van der Waals surface area contributed by atoms with E-state index in [0.717, 1.165) is 50.6 Å². The number of nitrogens with zero attached hydrogens (tertiary/aromatic N) is 6. The molecule has 0 amide bonds. The smallest absolute Gasteiger partial charge is 0.203 e. The van der Waals surface area contributed by atoms with Crippen molar-refractivity contribution in [3.63, 3.8) is 0 Å². The van der Waals surface area contributed by atoms with Crippen LogP contribution >= 0.6 is 0 Å². The molecule has 0 unspecified atom stereocenters. The van der Waals surface area contributed by atoms with Crippen LogP contribution in [0, 0.1) is 0 Å². The van der Waals surface area contributed by atoms with Gasteiger partial charge in [-0.15, -0.1) is 10.2 Å². The van der Waals surface area contributed by atoms with Crippen LogP contribution in [0.1, 0.15) is 5.56 Å². The standard InChI is InChI=1S/C17H20N6/c1-2-4-15(5-3-1)6-8-21-10-12-22(13-11-21)16-17-20-19-14-23(17)9-7-18-16/h1-5,7,9,14H,6,8,10-13H2. The van der Waals surface area contributed by atoms with E-state index in [1.54, 1.807) is 6.33 Å². The predicted molar refractivity (Wildman–Crippen MR) is 89.6 cm³/mol. The average Bonchev–Trinajstić information content (AvgIpc) is 3.10. The summed E-state index contributed by atoms with van der Waals surface area (Å²) in [5.41, 5.74) is 2.25. The largest absolute Gasteiger partial charge is 0.351 e. The second kappa shape index (κ2) is 6.34. The molecule has 6 heteroatoms. The predicted octanol–water partition coefficient (Wildman–Crippen LogP) is 1.49. The van der Waals surface area contributed by atoms with E-state index in [1.165, 1.54) is 5.56 Å². The Morgan fingerprint density at radius 2 is 1.83 bits per heavy atom.